The zero-order valence-corrected chi connectivity index (χ0v) is 10.9. The summed E-state index contributed by atoms with van der Waals surface area (Å²) in [7, 11) is 0. The van der Waals surface area contributed by atoms with E-state index in [4.69, 9.17) is 9.84 Å². The van der Waals surface area contributed by atoms with E-state index in [1.807, 2.05) is 0 Å². The summed E-state index contributed by atoms with van der Waals surface area (Å²) in [5, 5.41) is 11.7. The number of morpholine rings is 1. The van der Waals surface area contributed by atoms with Crippen LogP contribution in [0.4, 0.5) is 4.79 Å². The molecule has 1 unspecified atom stereocenters. The maximum atomic E-state index is 12.1. The van der Waals surface area contributed by atoms with Crippen molar-refractivity contribution in [3.05, 3.63) is 0 Å². The monoisotopic (exact) mass is 268 g/mol. The zero-order valence-electron chi connectivity index (χ0n) is 10.9. The molecule has 1 heterocycles. The molecule has 106 valence electrons. The van der Waals surface area contributed by atoms with Crippen molar-refractivity contribution in [2.24, 2.45) is 11.8 Å². The second-order valence-electron chi connectivity index (χ2n) is 5.85. The van der Waals surface area contributed by atoms with Crippen LogP contribution in [0.15, 0.2) is 0 Å². The van der Waals surface area contributed by atoms with Crippen molar-refractivity contribution in [2.45, 2.75) is 37.8 Å². The molecule has 1 atom stereocenters. The Morgan fingerprint density at radius 1 is 1.26 bits per heavy atom. The molecule has 0 bridgehead atoms. The third-order valence-corrected chi connectivity index (χ3v) is 4.34. The molecule has 0 aromatic rings. The van der Waals surface area contributed by atoms with E-state index in [0.717, 1.165) is 0 Å². The summed E-state index contributed by atoms with van der Waals surface area (Å²) in [5.41, 5.74) is 0. The Bertz CT molecular complexity index is 377. The first-order valence-electron chi connectivity index (χ1n) is 7.03. The molecule has 1 aliphatic heterocycles. The van der Waals surface area contributed by atoms with E-state index in [1.165, 1.54) is 12.8 Å². The summed E-state index contributed by atoms with van der Waals surface area (Å²) in [6.45, 7) is 1.91. The van der Waals surface area contributed by atoms with Gasteiger partial charge >= 0.3 is 12.0 Å². The molecule has 2 aliphatic carbocycles. The fourth-order valence-electron chi connectivity index (χ4n) is 2.82. The van der Waals surface area contributed by atoms with E-state index in [1.54, 1.807) is 4.90 Å². The van der Waals surface area contributed by atoms with E-state index in [2.05, 4.69) is 5.32 Å². The standard InChI is InChI=1S/C13H20N2O4/c16-12(17)9-5-10(6-9)14-13(18)15-3-4-19-11(7-15)8-1-2-8/h8-11H,1-7H2,(H,14,18)(H,16,17). The zero-order chi connectivity index (χ0) is 13.4. The molecule has 19 heavy (non-hydrogen) atoms. The molecule has 0 radical (unpaired) electrons. The molecule has 0 aromatic carbocycles. The van der Waals surface area contributed by atoms with Crippen LogP contribution in [0.3, 0.4) is 0 Å². The molecule has 2 saturated carbocycles. The van der Waals surface area contributed by atoms with Gasteiger partial charge in [0.25, 0.3) is 0 Å². The van der Waals surface area contributed by atoms with Gasteiger partial charge < -0.3 is 20.1 Å². The number of rotatable bonds is 3. The third kappa shape index (κ3) is 2.83. The highest BCUT2D eigenvalue weighted by atomic mass is 16.5. The number of hydrogen-bond donors (Lipinski definition) is 2. The Morgan fingerprint density at radius 2 is 2.00 bits per heavy atom. The summed E-state index contributed by atoms with van der Waals surface area (Å²) in [6.07, 6.45) is 3.73. The number of urea groups is 1. The van der Waals surface area contributed by atoms with E-state index in [9.17, 15) is 9.59 Å². The molecular formula is C13H20N2O4. The third-order valence-electron chi connectivity index (χ3n) is 4.34. The summed E-state index contributed by atoms with van der Waals surface area (Å²) in [5.74, 6) is -0.407. The van der Waals surface area contributed by atoms with Crippen molar-refractivity contribution in [1.82, 2.24) is 10.2 Å². The van der Waals surface area contributed by atoms with Crippen molar-refractivity contribution >= 4 is 12.0 Å². The molecule has 0 spiro atoms. The largest absolute Gasteiger partial charge is 0.481 e. The molecule has 6 heteroatoms. The minimum atomic E-state index is -0.759. The van der Waals surface area contributed by atoms with Crippen molar-refractivity contribution in [3.8, 4) is 0 Å². The van der Waals surface area contributed by atoms with Gasteiger partial charge in [0.15, 0.2) is 0 Å². The predicted octanol–water partition coefficient (Wildman–Crippen LogP) is 0.670. The van der Waals surface area contributed by atoms with Crippen LogP contribution in [0.2, 0.25) is 0 Å². The Morgan fingerprint density at radius 3 is 2.63 bits per heavy atom. The van der Waals surface area contributed by atoms with Gasteiger partial charge in [0, 0.05) is 19.1 Å². The van der Waals surface area contributed by atoms with Gasteiger partial charge in [-0.3, -0.25) is 4.79 Å². The summed E-state index contributed by atoms with van der Waals surface area (Å²) >= 11 is 0. The van der Waals surface area contributed by atoms with Crippen molar-refractivity contribution in [3.63, 3.8) is 0 Å². The lowest BCUT2D eigenvalue weighted by atomic mass is 9.80. The molecule has 3 aliphatic rings. The highest BCUT2D eigenvalue weighted by Gasteiger charge is 2.39. The minimum Gasteiger partial charge on any atom is -0.481 e. The quantitative estimate of drug-likeness (QED) is 0.788. The smallest absolute Gasteiger partial charge is 0.317 e. The number of nitrogens with zero attached hydrogens (tertiary/aromatic N) is 1. The number of carbonyl (C=O) groups excluding carboxylic acids is 1. The van der Waals surface area contributed by atoms with Gasteiger partial charge in [0.05, 0.1) is 18.6 Å². The van der Waals surface area contributed by atoms with Crippen LogP contribution in [-0.4, -0.2) is 53.8 Å². The fourth-order valence-corrected chi connectivity index (χ4v) is 2.82. The number of carboxylic acid groups (broad SMARTS) is 1. The first-order valence-corrected chi connectivity index (χ1v) is 7.03. The van der Waals surface area contributed by atoms with Crippen molar-refractivity contribution < 1.29 is 19.4 Å². The molecule has 1 saturated heterocycles. The molecular weight excluding hydrogens is 248 g/mol. The minimum absolute atomic E-state index is 0.0239. The summed E-state index contributed by atoms with van der Waals surface area (Å²) < 4.78 is 5.68. The van der Waals surface area contributed by atoms with Gasteiger partial charge in [0.2, 0.25) is 0 Å². The van der Waals surface area contributed by atoms with Gasteiger partial charge in [0.1, 0.15) is 0 Å². The molecule has 3 fully saturated rings. The molecule has 2 N–H and O–H groups in total. The number of amides is 2. The lowest BCUT2D eigenvalue weighted by Crippen LogP contribution is -2.55. The van der Waals surface area contributed by atoms with Crippen molar-refractivity contribution in [2.75, 3.05) is 19.7 Å². The van der Waals surface area contributed by atoms with Crippen LogP contribution in [0.1, 0.15) is 25.7 Å². The first kappa shape index (κ1) is 12.7. The van der Waals surface area contributed by atoms with Gasteiger partial charge in [-0.2, -0.15) is 0 Å². The number of hydrogen-bond acceptors (Lipinski definition) is 3. The average molecular weight is 268 g/mol. The number of ether oxygens (including phenoxy) is 1. The van der Waals surface area contributed by atoms with Crippen LogP contribution in [0, 0.1) is 11.8 Å². The predicted molar refractivity (Wildman–Crippen MR) is 66.7 cm³/mol. The number of nitrogens with one attached hydrogen (secondary N) is 1. The summed E-state index contributed by atoms with van der Waals surface area (Å²) in [4.78, 5) is 24.6. The van der Waals surface area contributed by atoms with Gasteiger partial charge in [-0.05, 0) is 31.6 Å². The van der Waals surface area contributed by atoms with Gasteiger partial charge in [-0.1, -0.05) is 0 Å². The first-order chi connectivity index (χ1) is 9.13. The topological polar surface area (TPSA) is 78.9 Å². The van der Waals surface area contributed by atoms with Crippen molar-refractivity contribution in [1.29, 1.82) is 0 Å². The normalized spacial score (nSPS) is 34.5. The molecule has 0 aromatic heterocycles. The average Bonchev–Trinajstić information content (AvgIpc) is 3.16. The molecule has 6 nitrogen and oxygen atoms in total. The van der Waals surface area contributed by atoms with E-state index in [0.29, 0.717) is 38.5 Å². The van der Waals surface area contributed by atoms with Crippen LogP contribution in [0.5, 0.6) is 0 Å². The number of carboxylic acids is 1. The van der Waals surface area contributed by atoms with Crippen LogP contribution < -0.4 is 5.32 Å². The van der Waals surface area contributed by atoms with Crippen LogP contribution in [0.25, 0.3) is 0 Å². The Balaban J connectivity index is 1.44. The van der Waals surface area contributed by atoms with Gasteiger partial charge in [-0.15, -0.1) is 0 Å². The van der Waals surface area contributed by atoms with E-state index in [-0.39, 0.29) is 24.1 Å². The SMILES string of the molecule is O=C(O)C1CC(NC(=O)N2CCOC(C3CC3)C2)C1. The second-order valence-corrected chi connectivity index (χ2v) is 5.85. The number of aliphatic carboxylic acids is 1. The Labute approximate surface area is 112 Å². The van der Waals surface area contributed by atoms with Crippen LogP contribution in [-0.2, 0) is 9.53 Å². The fraction of sp³-hybridized carbons (Fsp3) is 0.846. The maximum absolute atomic E-state index is 12.1. The van der Waals surface area contributed by atoms with E-state index >= 15 is 0 Å². The molecule has 2 amide bonds. The lowest BCUT2D eigenvalue weighted by molar-refractivity contribution is -0.145. The lowest BCUT2D eigenvalue weighted by Gasteiger charge is -2.37. The molecule has 3 rings (SSSR count). The highest BCUT2D eigenvalue weighted by Crippen LogP contribution is 2.35. The second kappa shape index (κ2) is 5.00. The maximum Gasteiger partial charge on any atom is 0.317 e. The Hall–Kier alpha value is -1.30. The number of carbonyl (C=O) groups is 2. The highest BCUT2D eigenvalue weighted by molar-refractivity contribution is 5.76. The van der Waals surface area contributed by atoms with Gasteiger partial charge in [-0.25, -0.2) is 4.79 Å². The Kier molecular flexibility index (Phi) is 3.35. The van der Waals surface area contributed by atoms with Crippen LogP contribution >= 0.6 is 0 Å². The summed E-state index contributed by atoms with van der Waals surface area (Å²) in [6, 6.07) is -0.0430. The van der Waals surface area contributed by atoms with E-state index < -0.39 is 5.97 Å².